The fourth-order valence-corrected chi connectivity index (χ4v) is 2.57. The van der Waals surface area contributed by atoms with Gasteiger partial charge in [-0.2, -0.15) is 0 Å². The topological polar surface area (TPSA) is 49.8 Å². The zero-order valence-corrected chi connectivity index (χ0v) is 11.3. The van der Waals surface area contributed by atoms with Crippen LogP contribution in [-0.2, 0) is 11.3 Å². The summed E-state index contributed by atoms with van der Waals surface area (Å²) in [7, 11) is 1.39. The molecule has 1 heterocycles. The van der Waals surface area contributed by atoms with Gasteiger partial charge in [0.15, 0.2) is 0 Å². The Morgan fingerprint density at radius 2 is 2.16 bits per heavy atom. The maximum absolute atomic E-state index is 11.3. The summed E-state index contributed by atoms with van der Waals surface area (Å²) in [6, 6.07) is 7.53. The van der Waals surface area contributed by atoms with E-state index in [1.54, 1.807) is 12.1 Å². The maximum atomic E-state index is 11.3. The summed E-state index contributed by atoms with van der Waals surface area (Å²) in [6.07, 6.45) is 2.26. The monoisotopic (exact) mass is 263 g/mol. The smallest absolute Gasteiger partial charge is 0.337 e. The predicted molar refractivity (Wildman–Crippen MR) is 72.9 cm³/mol. The molecule has 1 aliphatic heterocycles. The minimum absolute atomic E-state index is 0.276. The van der Waals surface area contributed by atoms with Gasteiger partial charge in [0.1, 0.15) is 0 Å². The number of carbonyl (C=O) groups is 1. The first-order valence-corrected chi connectivity index (χ1v) is 6.73. The summed E-state index contributed by atoms with van der Waals surface area (Å²) in [4.78, 5) is 13.7. The fraction of sp³-hybridized carbons (Fsp3) is 0.533. The van der Waals surface area contributed by atoms with Crippen molar-refractivity contribution in [3.8, 4) is 0 Å². The lowest BCUT2D eigenvalue weighted by Crippen LogP contribution is -2.36. The van der Waals surface area contributed by atoms with Crippen molar-refractivity contribution < 1.29 is 14.6 Å². The molecule has 104 valence electrons. The van der Waals surface area contributed by atoms with Crippen LogP contribution in [0.4, 0.5) is 0 Å². The summed E-state index contributed by atoms with van der Waals surface area (Å²) in [5.41, 5.74) is 1.77. The Kier molecular flexibility index (Phi) is 4.93. The Morgan fingerprint density at radius 1 is 1.42 bits per heavy atom. The van der Waals surface area contributed by atoms with Crippen LogP contribution in [0.3, 0.4) is 0 Å². The van der Waals surface area contributed by atoms with Crippen LogP contribution in [-0.4, -0.2) is 42.8 Å². The van der Waals surface area contributed by atoms with E-state index in [9.17, 15) is 9.90 Å². The molecule has 19 heavy (non-hydrogen) atoms. The van der Waals surface area contributed by atoms with Crippen LogP contribution in [0.5, 0.6) is 0 Å². The van der Waals surface area contributed by atoms with E-state index in [1.807, 2.05) is 12.1 Å². The average molecular weight is 263 g/mol. The van der Waals surface area contributed by atoms with Gasteiger partial charge in [-0.1, -0.05) is 12.1 Å². The quantitative estimate of drug-likeness (QED) is 0.840. The Labute approximate surface area is 114 Å². The van der Waals surface area contributed by atoms with E-state index in [0.717, 1.165) is 32.5 Å². The molecular formula is C15H21NO3. The Bertz CT molecular complexity index is 416. The summed E-state index contributed by atoms with van der Waals surface area (Å²) >= 11 is 0. The number of benzene rings is 1. The molecule has 0 saturated carbocycles. The summed E-state index contributed by atoms with van der Waals surface area (Å²) < 4.78 is 4.68. The van der Waals surface area contributed by atoms with E-state index in [0.29, 0.717) is 11.5 Å². The largest absolute Gasteiger partial charge is 0.465 e. The normalized spacial score (nSPS) is 20.2. The third kappa shape index (κ3) is 3.78. The molecule has 0 amide bonds. The van der Waals surface area contributed by atoms with Crippen molar-refractivity contribution in [3.05, 3.63) is 35.4 Å². The van der Waals surface area contributed by atoms with Gasteiger partial charge >= 0.3 is 5.97 Å². The summed E-state index contributed by atoms with van der Waals surface area (Å²) in [5.74, 6) is 0.105. The molecule has 1 N–H and O–H groups in total. The minimum Gasteiger partial charge on any atom is -0.465 e. The lowest BCUT2D eigenvalue weighted by Gasteiger charge is -2.31. The highest BCUT2D eigenvalue weighted by molar-refractivity contribution is 5.89. The fourth-order valence-electron chi connectivity index (χ4n) is 2.57. The third-order valence-corrected chi connectivity index (χ3v) is 3.64. The van der Waals surface area contributed by atoms with Gasteiger partial charge in [-0.25, -0.2) is 4.79 Å². The summed E-state index contributed by atoms with van der Waals surface area (Å²) in [5, 5.41) is 9.22. The average Bonchev–Trinajstić information content (AvgIpc) is 2.47. The van der Waals surface area contributed by atoms with Crippen molar-refractivity contribution in [3.63, 3.8) is 0 Å². The van der Waals surface area contributed by atoms with Gasteiger partial charge in [-0.05, 0) is 43.0 Å². The first-order valence-electron chi connectivity index (χ1n) is 6.73. The van der Waals surface area contributed by atoms with Gasteiger partial charge in [0, 0.05) is 19.7 Å². The van der Waals surface area contributed by atoms with Crippen molar-refractivity contribution in [1.29, 1.82) is 0 Å². The van der Waals surface area contributed by atoms with Crippen LogP contribution < -0.4 is 0 Å². The number of nitrogens with zero attached hydrogens (tertiary/aromatic N) is 1. The predicted octanol–water partition coefficient (Wildman–Crippen LogP) is 1.68. The molecular weight excluding hydrogens is 242 g/mol. The number of methoxy groups -OCH3 is 1. The zero-order valence-electron chi connectivity index (χ0n) is 11.3. The van der Waals surface area contributed by atoms with Crippen LogP contribution in [0.25, 0.3) is 0 Å². The molecule has 4 heteroatoms. The summed E-state index contributed by atoms with van der Waals surface area (Å²) in [6.45, 7) is 3.18. The number of likely N-dealkylation sites (tertiary alicyclic amines) is 1. The standard InChI is InChI=1S/C15H21NO3/c1-19-15(18)14-6-4-12(5-7-14)9-16-8-2-3-13(10-16)11-17/h4-7,13,17H,2-3,8-11H2,1H3/t13-/m1/s1. The van der Waals surface area contributed by atoms with Crippen molar-refractivity contribution >= 4 is 5.97 Å². The van der Waals surface area contributed by atoms with Gasteiger partial charge in [-0.3, -0.25) is 4.90 Å². The molecule has 0 bridgehead atoms. The van der Waals surface area contributed by atoms with Crippen LogP contribution in [0.1, 0.15) is 28.8 Å². The van der Waals surface area contributed by atoms with Crippen LogP contribution in [0.2, 0.25) is 0 Å². The SMILES string of the molecule is COC(=O)c1ccc(CN2CCC[C@@H](CO)C2)cc1. The van der Waals surface area contributed by atoms with Crippen molar-refractivity contribution in [2.45, 2.75) is 19.4 Å². The Hall–Kier alpha value is -1.39. The highest BCUT2D eigenvalue weighted by atomic mass is 16.5. The first kappa shape index (κ1) is 14.0. The molecule has 1 aliphatic rings. The van der Waals surface area contributed by atoms with E-state index in [4.69, 9.17) is 0 Å². The number of piperidine rings is 1. The number of carbonyl (C=O) groups excluding carboxylic acids is 1. The molecule has 0 spiro atoms. The molecule has 1 aromatic rings. The van der Waals surface area contributed by atoms with E-state index in [1.165, 1.54) is 12.7 Å². The number of ether oxygens (including phenoxy) is 1. The van der Waals surface area contributed by atoms with Crippen molar-refractivity contribution in [2.24, 2.45) is 5.92 Å². The number of hydrogen-bond donors (Lipinski definition) is 1. The number of hydrogen-bond acceptors (Lipinski definition) is 4. The van der Waals surface area contributed by atoms with E-state index in [2.05, 4.69) is 9.64 Å². The lowest BCUT2D eigenvalue weighted by atomic mass is 9.98. The van der Waals surface area contributed by atoms with Crippen LogP contribution >= 0.6 is 0 Å². The zero-order chi connectivity index (χ0) is 13.7. The van der Waals surface area contributed by atoms with Gasteiger partial charge in [0.05, 0.1) is 12.7 Å². The van der Waals surface area contributed by atoms with E-state index < -0.39 is 0 Å². The molecule has 1 fully saturated rings. The van der Waals surface area contributed by atoms with Crippen LogP contribution in [0, 0.1) is 5.92 Å². The maximum Gasteiger partial charge on any atom is 0.337 e. The number of aliphatic hydroxyl groups is 1. The lowest BCUT2D eigenvalue weighted by molar-refractivity contribution is 0.0600. The van der Waals surface area contributed by atoms with Gasteiger partial charge in [-0.15, -0.1) is 0 Å². The first-order chi connectivity index (χ1) is 9.22. The molecule has 0 aliphatic carbocycles. The van der Waals surface area contributed by atoms with Crippen molar-refractivity contribution in [2.75, 3.05) is 26.8 Å². The molecule has 0 aromatic heterocycles. The molecule has 1 aromatic carbocycles. The molecule has 2 rings (SSSR count). The highest BCUT2D eigenvalue weighted by Gasteiger charge is 2.19. The molecule has 0 radical (unpaired) electrons. The van der Waals surface area contributed by atoms with Crippen molar-refractivity contribution in [1.82, 2.24) is 4.90 Å². The van der Waals surface area contributed by atoms with Gasteiger partial charge < -0.3 is 9.84 Å². The van der Waals surface area contributed by atoms with Gasteiger partial charge in [0.25, 0.3) is 0 Å². The van der Waals surface area contributed by atoms with E-state index in [-0.39, 0.29) is 12.6 Å². The Balaban J connectivity index is 1.94. The second kappa shape index (κ2) is 6.68. The second-order valence-electron chi connectivity index (χ2n) is 5.11. The molecule has 0 unspecified atom stereocenters. The number of esters is 1. The van der Waals surface area contributed by atoms with Gasteiger partial charge in [0.2, 0.25) is 0 Å². The highest BCUT2D eigenvalue weighted by Crippen LogP contribution is 2.18. The molecule has 4 nitrogen and oxygen atoms in total. The van der Waals surface area contributed by atoms with Crippen LogP contribution in [0.15, 0.2) is 24.3 Å². The van der Waals surface area contributed by atoms with E-state index >= 15 is 0 Å². The molecule has 1 saturated heterocycles. The Morgan fingerprint density at radius 3 is 2.79 bits per heavy atom. The minimum atomic E-state index is -0.301. The second-order valence-corrected chi connectivity index (χ2v) is 5.11. The number of rotatable bonds is 4. The number of aliphatic hydroxyl groups excluding tert-OH is 1. The molecule has 1 atom stereocenters. The third-order valence-electron chi connectivity index (χ3n) is 3.64.